The van der Waals surface area contributed by atoms with E-state index in [0.29, 0.717) is 38.2 Å². The molecule has 110 valence electrons. The Bertz CT molecular complexity index is 481. The van der Waals surface area contributed by atoms with Crippen LogP contribution in [0.1, 0.15) is 12.8 Å². The summed E-state index contributed by atoms with van der Waals surface area (Å²) in [6.45, 7) is 1.07. The summed E-state index contributed by atoms with van der Waals surface area (Å²) >= 11 is 0. The van der Waals surface area contributed by atoms with Gasteiger partial charge in [0, 0.05) is 31.0 Å². The van der Waals surface area contributed by atoms with Gasteiger partial charge in [-0.25, -0.2) is 13.2 Å². The van der Waals surface area contributed by atoms with E-state index in [2.05, 4.69) is 5.32 Å². The first-order valence-electron chi connectivity index (χ1n) is 6.27. The molecule has 3 N–H and O–H groups in total. The van der Waals surface area contributed by atoms with Crippen LogP contribution in [0.25, 0.3) is 0 Å². The Hall–Kier alpha value is -1.60. The van der Waals surface area contributed by atoms with Crippen molar-refractivity contribution < 1.29 is 22.7 Å². The fraction of sp³-hybridized carbons (Fsp3) is 0.462. The largest absolute Gasteiger partial charge is 0.381 e. The molecule has 20 heavy (non-hydrogen) atoms. The van der Waals surface area contributed by atoms with Crippen LogP contribution in [0.3, 0.4) is 0 Å². The summed E-state index contributed by atoms with van der Waals surface area (Å²) in [5, 5.41) is 2.30. The third-order valence-electron chi connectivity index (χ3n) is 3.33. The number of nitrogens with one attached hydrogen (secondary N) is 1. The maximum atomic E-state index is 13.0. The van der Waals surface area contributed by atoms with Crippen molar-refractivity contribution in [2.45, 2.75) is 18.9 Å². The second kappa shape index (κ2) is 6.23. The van der Waals surface area contributed by atoms with Crippen LogP contribution in [-0.4, -0.2) is 25.2 Å². The molecule has 1 aliphatic rings. The Kier molecular flexibility index (Phi) is 4.61. The number of ether oxygens (including phenoxy) is 1. The van der Waals surface area contributed by atoms with E-state index < -0.39 is 29.4 Å². The van der Waals surface area contributed by atoms with E-state index >= 15 is 0 Å². The number of rotatable bonds is 3. The van der Waals surface area contributed by atoms with E-state index in [4.69, 9.17) is 10.5 Å². The summed E-state index contributed by atoms with van der Waals surface area (Å²) in [5.74, 6) is -4.89. The topological polar surface area (TPSA) is 64.4 Å². The lowest BCUT2D eigenvalue weighted by atomic mass is 9.92. The van der Waals surface area contributed by atoms with Crippen molar-refractivity contribution in [2.24, 2.45) is 11.7 Å². The van der Waals surface area contributed by atoms with Crippen LogP contribution < -0.4 is 11.1 Å². The third-order valence-corrected chi connectivity index (χ3v) is 3.33. The van der Waals surface area contributed by atoms with Crippen LogP contribution in [0.4, 0.5) is 18.9 Å². The Balaban J connectivity index is 2.03. The smallest absolute Gasteiger partial charge is 0.241 e. The first kappa shape index (κ1) is 14.8. The lowest BCUT2D eigenvalue weighted by Gasteiger charge is -2.26. The molecule has 0 radical (unpaired) electrons. The van der Waals surface area contributed by atoms with Gasteiger partial charge in [-0.15, -0.1) is 0 Å². The number of amides is 1. The number of hydrogen-bond donors (Lipinski definition) is 2. The number of halogens is 3. The second-order valence-corrected chi connectivity index (χ2v) is 4.72. The lowest BCUT2D eigenvalue weighted by molar-refractivity contribution is -0.119. The van der Waals surface area contributed by atoms with Crippen molar-refractivity contribution in [1.29, 1.82) is 0 Å². The molecule has 2 rings (SSSR count). The average Bonchev–Trinajstić information content (AvgIpc) is 2.44. The van der Waals surface area contributed by atoms with E-state index in [0.717, 1.165) is 0 Å². The van der Waals surface area contributed by atoms with Crippen LogP contribution in [0.2, 0.25) is 0 Å². The Labute approximate surface area is 114 Å². The normalized spacial score (nSPS) is 17.8. The Morgan fingerprint density at radius 2 is 1.80 bits per heavy atom. The third kappa shape index (κ3) is 3.29. The number of nitrogens with two attached hydrogens (primary N) is 1. The number of carbonyl (C=O) groups excluding carboxylic acids is 1. The SMILES string of the molecule is NC(C(=O)Nc1cc(F)c(F)c(F)c1)C1CCOCC1. The van der Waals surface area contributed by atoms with Crippen LogP contribution in [-0.2, 0) is 9.53 Å². The summed E-state index contributed by atoms with van der Waals surface area (Å²) < 4.78 is 44.0. The number of carbonyl (C=O) groups is 1. The molecule has 1 unspecified atom stereocenters. The molecule has 1 aromatic carbocycles. The zero-order valence-corrected chi connectivity index (χ0v) is 10.7. The summed E-state index contributed by atoms with van der Waals surface area (Å²) in [6.07, 6.45) is 1.31. The Morgan fingerprint density at radius 1 is 1.25 bits per heavy atom. The van der Waals surface area contributed by atoms with E-state index in [1.165, 1.54) is 0 Å². The van der Waals surface area contributed by atoms with E-state index in [9.17, 15) is 18.0 Å². The van der Waals surface area contributed by atoms with Crippen LogP contribution in [0.5, 0.6) is 0 Å². The minimum Gasteiger partial charge on any atom is -0.381 e. The molecule has 1 saturated heterocycles. The highest BCUT2D eigenvalue weighted by atomic mass is 19.2. The maximum absolute atomic E-state index is 13.0. The van der Waals surface area contributed by atoms with Crippen molar-refractivity contribution in [2.75, 3.05) is 18.5 Å². The first-order chi connectivity index (χ1) is 9.49. The molecule has 0 spiro atoms. The first-order valence-corrected chi connectivity index (χ1v) is 6.27. The van der Waals surface area contributed by atoms with Crippen molar-refractivity contribution >= 4 is 11.6 Å². The molecule has 4 nitrogen and oxygen atoms in total. The highest BCUT2D eigenvalue weighted by Crippen LogP contribution is 2.20. The van der Waals surface area contributed by atoms with Gasteiger partial charge in [0.15, 0.2) is 17.5 Å². The monoisotopic (exact) mass is 288 g/mol. The number of benzene rings is 1. The number of hydrogen-bond acceptors (Lipinski definition) is 3. The summed E-state index contributed by atoms with van der Waals surface area (Å²) in [4.78, 5) is 11.9. The van der Waals surface area contributed by atoms with Gasteiger partial charge in [0.25, 0.3) is 0 Å². The molecule has 1 fully saturated rings. The average molecular weight is 288 g/mol. The van der Waals surface area contributed by atoms with Crippen LogP contribution in [0.15, 0.2) is 12.1 Å². The van der Waals surface area contributed by atoms with Gasteiger partial charge in [0.2, 0.25) is 5.91 Å². The van der Waals surface area contributed by atoms with E-state index in [1.807, 2.05) is 0 Å². The molecular formula is C13H15F3N2O2. The van der Waals surface area contributed by atoms with E-state index in [1.54, 1.807) is 0 Å². The fourth-order valence-electron chi connectivity index (χ4n) is 2.14. The summed E-state index contributed by atoms with van der Waals surface area (Å²) in [5.41, 5.74) is 5.66. The zero-order valence-electron chi connectivity index (χ0n) is 10.7. The minimum absolute atomic E-state index is 0.0427. The molecule has 1 atom stereocenters. The fourth-order valence-corrected chi connectivity index (χ4v) is 2.14. The molecule has 0 bridgehead atoms. The van der Waals surface area contributed by atoms with Gasteiger partial charge in [-0.3, -0.25) is 4.79 Å². The second-order valence-electron chi connectivity index (χ2n) is 4.72. The molecule has 0 aromatic heterocycles. The van der Waals surface area contributed by atoms with Gasteiger partial charge in [-0.1, -0.05) is 0 Å². The highest BCUT2D eigenvalue weighted by molar-refractivity contribution is 5.94. The lowest BCUT2D eigenvalue weighted by Crippen LogP contribution is -2.44. The van der Waals surface area contributed by atoms with Crippen molar-refractivity contribution in [1.82, 2.24) is 0 Å². The Morgan fingerprint density at radius 3 is 2.35 bits per heavy atom. The van der Waals surface area contributed by atoms with Gasteiger partial charge >= 0.3 is 0 Å². The van der Waals surface area contributed by atoms with Gasteiger partial charge < -0.3 is 15.8 Å². The van der Waals surface area contributed by atoms with Gasteiger partial charge in [-0.2, -0.15) is 0 Å². The molecule has 1 aromatic rings. The molecule has 1 amide bonds. The van der Waals surface area contributed by atoms with Crippen molar-refractivity contribution in [3.63, 3.8) is 0 Å². The molecular weight excluding hydrogens is 273 g/mol. The highest BCUT2D eigenvalue weighted by Gasteiger charge is 2.27. The minimum atomic E-state index is -1.57. The zero-order chi connectivity index (χ0) is 14.7. The van der Waals surface area contributed by atoms with Crippen LogP contribution >= 0.6 is 0 Å². The maximum Gasteiger partial charge on any atom is 0.241 e. The standard InChI is InChI=1S/C13H15F3N2O2/c14-9-5-8(6-10(15)11(9)16)18-13(19)12(17)7-1-3-20-4-2-7/h5-7,12H,1-4,17H2,(H,18,19). The van der Waals surface area contributed by atoms with Crippen molar-refractivity contribution in [3.05, 3.63) is 29.6 Å². The van der Waals surface area contributed by atoms with Gasteiger partial charge in [-0.05, 0) is 18.8 Å². The molecule has 7 heteroatoms. The summed E-state index contributed by atoms with van der Waals surface area (Å²) in [6, 6.07) is 0.634. The van der Waals surface area contributed by atoms with Crippen molar-refractivity contribution in [3.8, 4) is 0 Å². The molecule has 0 saturated carbocycles. The molecule has 1 aliphatic heterocycles. The van der Waals surface area contributed by atoms with Gasteiger partial charge in [0.05, 0.1) is 6.04 Å². The van der Waals surface area contributed by atoms with E-state index in [-0.39, 0.29) is 11.6 Å². The molecule has 0 aliphatic carbocycles. The predicted octanol–water partition coefficient (Wildman–Crippen LogP) is 1.80. The summed E-state index contributed by atoms with van der Waals surface area (Å²) in [7, 11) is 0. The van der Waals surface area contributed by atoms with Gasteiger partial charge in [0.1, 0.15) is 0 Å². The van der Waals surface area contributed by atoms with Crippen LogP contribution in [0, 0.1) is 23.4 Å². The predicted molar refractivity (Wildman–Crippen MR) is 66.5 cm³/mol. The number of anilines is 1. The molecule has 1 heterocycles. The quantitative estimate of drug-likeness (QED) is 0.834.